The molecule has 0 bridgehead atoms. The molecule has 0 saturated carbocycles. The SMILES string of the molecule is O=C(C[NH+]1CCCC1)N1CCN(S(=O)(=O)c2ccc3c(c2)CCCC3)CC1. The van der Waals surface area contributed by atoms with Gasteiger partial charge < -0.3 is 9.80 Å². The van der Waals surface area contributed by atoms with Crippen LogP contribution in [0, 0.1) is 0 Å². The highest BCUT2D eigenvalue weighted by molar-refractivity contribution is 7.89. The molecule has 0 unspecified atom stereocenters. The molecule has 0 atom stereocenters. The molecule has 0 aromatic heterocycles. The summed E-state index contributed by atoms with van der Waals surface area (Å²) in [6.07, 6.45) is 6.75. The maximum atomic E-state index is 13.0. The van der Waals surface area contributed by atoms with Gasteiger partial charge in [0.25, 0.3) is 5.91 Å². The van der Waals surface area contributed by atoms with Crippen LogP contribution in [0.3, 0.4) is 0 Å². The monoisotopic (exact) mass is 392 g/mol. The number of sulfonamides is 1. The van der Waals surface area contributed by atoms with Gasteiger partial charge in [0.1, 0.15) is 0 Å². The summed E-state index contributed by atoms with van der Waals surface area (Å²) in [6.45, 7) is 4.49. The second-order valence-corrected chi connectivity index (χ2v) is 9.99. The second kappa shape index (κ2) is 7.89. The van der Waals surface area contributed by atoms with Crippen LogP contribution in [0.5, 0.6) is 0 Å². The minimum atomic E-state index is -3.48. The van der Waals surface area contributed by atoms with Gasteiger partial charge in [-0.15, -0.1) is 0 Å². The number of piperazine rings is 1. The Hall–Kier alpha value is -1.44. The van der Waals surface area contributed by atoms with Crippen molar-refractivity contribution in [1.29, 1.82) is 0 Å². The molecule has 1 aliphatic carbocycles. The maximum absolute atomic E-state index is 13.0. The van der Waals surface area contributed by atoms with Gasteiger partial charge in [-0.25, -0.2) is 8.42 Å². The highest BCUT2D eigenvalue weighted by atomic mass is 32.2. The largest absolute Gasteiger partial charge is 0.335 e. The highest BCUT2D eigenvalue weighted by Gasteiger charge is 2.32. The van der Waals surface area contributed by atoms with Crippen LogP contribution in [0.1, 0.15) is 36.8 Å². The van der Waals surface area contributed by atoms with E-state index in [0.717, 1.165) is 32.4 Å². The zero-order valence-corrected chi connectivity index (χ0v) is 16.8. The normalized spacial score (nSPS) is 22.0. The number of hydrogen-bond donors (Lipinski definition) is 1. The lowest BCUT2D eigenvalue weighted by atomic mass is 9.92. The van der Waals surface area contributed by atoms with Crippen molar-refractivity contribution < 1.29 is 18.1 Å². The summed E-state index contributed by atoms with van der Waals surface area (Å²) < 4.78 is 27.6. The van der Waals surface area contributed by atoms with E-state index in [1.807, 2.05) is 17.0 Å². The highest BCUT2D eigenvalue weighted by Crippen LogP contribution is 2.26. The molecule has 1 amide bonds. The van der Waals surface area contributed by atoms with E-state index in [9.17, 15) is 13.2 Å². The zero-order valence-electron chi connectivity index (χ0n) is 16.0. The molecular formula is C20H30N3O3S+. The van der Waals surface area contributed by atoms with Crippen LogP contribution in [0.25, 0.3) is 0 Å². The molecule has 3 aliphatic rings. The van der Waals surface area contributed by atoms with Crippen molar-refractivity contribution in [2.75, 3.05) is 45.8 Å². The molecule has 1 N–H and O–H groups in total. The lowest BCUT2D eigenvalue weighted by molar-refractivity contribution is -0.879. The summed E-state index contributed by atoms with van der Waals surface area (Å²) in [5, 5.41) is 0. The van der Waals surface area contributed by atoms with Gasteiger partial charge in [-0.3, -0.25) is 4.79 Å². The third-order valence-electron chi connectivity index (χ3n) is 6.26. The molecule has 4 rings (SSSR count). The van der Waals surface area contributed by atoms with Gasteiger partial charge in [-0.1, -0.05) is 6.07 Å². The Morgan fingerprint density at radius 1 is 0.926 bits per heavy atom. The molecular weight excluding hydrogens is 362 g/mol. The first kappa shape index (κ1) is 18.9. The number of likely N-dealkylation sites (tertiary alicyclic amines) is 1. The number of carbonyl (C=O) groups excluding carboxylic acids is 1. The van der Waals surface area contributed by atoms with Gasteiger partial charge >= 0.3 is 0 Å². The van der Waals surface area contributed by atoms with Crippen molar-refractivity contribution in [1.82, 2.24) is 9.21 Å². The van der Waals surface area contributed by atoms with Gasteiger partial charge in [-0.2, -0.15) is 4.31 Å². The van der Waals surface area contributed by atoms with E-state index >= 15 is 0 Å². The van der Waals surface area contributed by atoms with Crippen LogP contribution < -0.4 is 4.90 Å². The molecule has 1 aromatic rings. The summed E-state index contributed by atoms with van der Waals surface area (Å²) in [5.74, 6) is 0.165. The van der Waals surface area contributed by atoms with Gasteiger partial charge in [0, 0.05) is 39.0 Å². The standard InChI is InChI=1S/C20H29N3O3S/c24-20(16-21-9-3-4-10-21)22-11-13-23(14-12-22)27(25,26)19-8-7-17-5-1-2-6-18(17)15-19/h7-8,15H,1-6,9-14,16H2/p+1. The first-order valence-corrected chi connectivity index (χ1v) is 11.7. The molecule has 0 radical (unpaired) electrons. The van der Waals surface area contributed by atoms with E-state index < -0.39 is 10.0 Å². The number of carbonyl (C=O) groups is 1. The Labute approximate surface area is 162 Å². The Morgan fingerprint density at radius 3 is 2.30 bits per heavy atom. The molecule has 2 fully saturated rings. The average Bonchev–Trinajstić information content (AvgIpc) is 3.20. The van der Waals surface area contributed by atoms with Crippen LogP contribution in [0.4, 0.5) is 0 Å². The number of aryl methyl sites for hydroxylation is 2. The minimum absolute atomic E-state index is 0.165. The fourth-order valence-electron chi connectivity index (χ4n) is 4.57. The van der Waals surface area contributed by atoms with Crippen LogP contribution >= 0.6 is 0 Å². The van der Waals surface area contributed by atoms with Crippen molar-refractivity contribution in [2.45, 2.75) is 43.4 Å². The van der Waals surface area contributed by atoms with Crippen LogP contribution in [-0.4, -0.2) is 69.3 Å². The number of nitrogens with zero attached hydrogens (tertiary/aromatic N) is 2. The van der Waals surface area contributed by atoms with Crippen molar-refractivity contribution in [3.05, 3.63) is 29.3 Å². The number of benzene rings is 1. The van der Waals surface area contributed by atoms with E-state index in [1.165, 1.54) is 35.3 Å². The third-order valence-corrected chi connectivity index (χ3v) is 8.16. The van der Waals surface area contributed by atoms with E-state index in [4.69, 9.17) is 0 Å². The molecule has 6 nitrogen and oxygen atoms in total. The smallest absolute Gasteiger partial charge is 0.277 e. The number of nitrogens with one attached hydrogen (secondary N) is 1. The summed E-state index contributed by atoms with van der Waals surface area (Å²) in [6, 6.07) is 5.62. The van der Waals surface area contributed by atoms with E-state index in [-0.39, 0.29) is 5.91 Å². The Kier molecular flexibility index (Phi) is 5.53. The first-order chi connectivity index (χ1) is 13.0. The predicted molar refractivity (Wildman–Crippen MR) is 103 cm³/mol. The third kappa shape index (κ3) is 4.05. The second-order valence-electron chi connectivity index (χ2n) is 8.06. The van der Waals surface area contributed by atoms with Crippen molar-refractivity contribution in [3.8, 4) is 0 Å². The van der Waals surface area contributed by atoms with Crippen LogP contribution in [-0.2, 0) is 27.7 Å². The fraction of sp³-hybridized carbons (Fsp3) is 0.650. The summed E-state index contributed by atoms with van der Waals surface area (Å²) in [7, 11) is -3.48. The summed E-state index contributed by atoms with van der Waals surface area (Å²) >= 11 is 0. The lowest BCUT2D eigenvalue weighted by Gasteiger charge is -2.34. The van der Waals surface area contributed by atoms with Crippen molar-refractivity contribution >= 4 is 15.9 Å². The number of rotatable bonds is 4. The molecule has 2 saturated heterocycles. The Morgan fingerprint density at radius 2 is 1.59 bits per heavy atom. The summed E-state index contributed by atoms with van der Waals surface area (Å²) in [5.41, 5.74) is 2.48. The molecule has 2 aliphatic heterocycles. The maximum Gasteiger partial charge on any atom is 0.277 e. The molecule has 2 heterocycles. The lowest BCUT2D eigenvalue weighted by Crippen LogP contribution is -3.11. The number of amides is 1. The predicted octanol–water partition coefficient (Wildman–Crippen LogP) is 0.0770. The molecule has 27 heavy (non-hydrogen) atoms. The van der Waals surface area contributed by atoms with E-state index in [2.05, 4.69) is 0 Å². The number of hydrogen-bond acceptors (Lipinski definition) is 3. The fourth-order valence-corrected chi connectivity index (χ4v) is 6.05. The number of fused-ring (bicyclic) bond motifs is 1. The molecule has 7 heteroatoms. The Bertz CT molecular complexity index is 795. The van der Waals surface area contributed by atoms with E-state index in [0.29, 0.717) is 37.6 Å². The molecule has 1 aromatic carbocycles. The van der Waals surface area contributed by atoms with E-state index in [1.54, 1.807) is 10.4 Å². The average molecular weight is 393 g/mol. The Balaban J connectivity index is 1.39. The van der Waals surface area contributed by atoms with Crippen LogP contribution in [0.2, 0.25) is 0 Å². The van der Waals surface area contributed by atoms with Crippen LogP contribution in [0.15, 0.2) is 23.1 Å². The summed E-state index contributed by atoms with van der Waals surface area (Å²) in [4.78, 5) is 16.1. The molecule has 148 valence electrons. The topological polar surface area (TPSA) is 62.1 Å². The van der Waals surface area contributed by atoms with Crippen molar-refractivity contribution in [2.24, 2.45) is 0 Å². The van der Waals surface area contributed by atoms with Crippen molar-refractivity contribution in [3.63, 3.8) is 0 Å². The van der Waals surface area contributed by atoms with Gasteiger partial charge in [-0.05, 0) is 48.9 Å². The quantitative estimate of drug-likeness (QED) is 0.789. The minimum Gasteiger partial charge on any atom is -0.335 e. The number of quaternary nitrogens is 1. The van der Waals surface area contributed by atoms with Gasteiger partial charge in [0.15, 0.2) is 6.54 Å². The first-order valence-electron chi connectivity index (χ1n) is 10.3. The zero-order chi connectivity index (χ0) is 18.9. The van der Waals surface area contributed by atoms with Gasteiger partial charge in [0.05, 0.1) is 18.0 Å². The van der Waals surface area contributed by atoms with Gasteiger partial charge in [0.2, 0.25) is 10.0 Å². The molecule has 0 spiro atoms.